The molecule has 2 N–H and O–H groups in total. The van der Waals surface area contributed by atoms with Gasteiger partial charge in [0.15, 0.2) is 0 Å². The van der Waals surface area contributed by atoms with Crippen molar-refractivity contribution in [3.05, 3.63) is 30.3 Å². The zero-order chi connectivity index (χ0) is 13.0. The second kappa shape index (κ2) is 5.72. The Balaban J connectivity index is 1.85. The normalized spacial score (nSPS) is 18.4. The van der Waals surface area contributed by atoms with E-state index in [1.54, 1.807) is 0 Å². The Morgan fingerprint density at radius 2 is 2.00 bits per heavy atom. The first-order valence-electron chi connectivity index (χ1n) is 6.78. The Kier molecular flexibility index (Phi) is 4.25. The van der Waals surface area contributed by atoms with Gasteiger partial charge in [0, 0.05) is 30.9 Å². The van der Waals surface area contributed by atoms with E-state index in [0.29, 0.717) is 6.04 Å². The number of para-hydroxylation sites is 1. The second-order valence-corrected chi connectivity index (χ2v) is 5.64. The van der Waals surface area contributed by atoms with E-state index >= 15 is 0 Å². The van der Waals surface area contributed by atoms with Crippen molar-refractivity contribution in [3.8, 4) is 0 Å². The van der Waals surface area contributed by atoms with E-state index in [4.69, 9.17) is 0 Å². The number of nitrogens with one attached hydrogen (secondary N) is 1. The van der Waals surface area contributed by atoms with Crippen LogP contribution in [0.4, 0.5) is 5.69 Å². The third-order valence-corrected chi connectivity index (χ3v) is 3.67. The Labute approximate surface area is 110 Å². The number of aliphatic hydroxyl groups is 1. The smallest absolute Gasteiger partial charge is 0.0611 e. The number of hydrogen-bond acceptors (Lipinski definition) is 3. The largest absolute Gasteiger partial charge is 0.394 e. The summed E-state index contributed by atoms with van der Waals surface area (Å²) in [5.74, 6) is 0. The molecule has 1 unspecified atom stereocenters. The summed E-state index contributed by atoms with van der Waals surface area (Å²) >= 11 is 0. The summed E-state index contributed by atoms with van der Waals surface area (Å²) in [4.78, 5) is 2.24. The first-order chi connectivity index (χ1) is 8.63. The molecule has 0 bridgehead atoms. The molecule has 0 spiro atoms. The van der Waals surface area contributed by atoms with Crippen molar-refractivity contribution < 1.29 is 5.11 Å². The molecule has 1 saturated carbocycles. The van der Waals surface area contributed by atoms with Gasteiger partial charge in [-0.25, -0.2) is 0 Å². The highest BCUT2D eigenvalue weighted by Crippen LogP contribution is 2.24. The average Bonchev–Trinajstić information content (AvgIpc) is 3.21. The lowest BCUT2D eigenvalue weighted by molar-refractivity contribution is 0.165. The molecule has 0 amide bonds. The molecule has 1 aromatic rings. The van der Waals surface area contributed by atoms with Crippen LogP contribution in [0.1, 0.15) is 26.2 Å². The molecule has 0 radical (unpaired) electrons. The molecular formula is C15H24N2O. The van der Waals surface area contributed by atoms with E-state index < -0.39 is 0 Å². The first-order valence-corrected chi connectivity index (χ1v) is 6.78. The number of aliphatic hydroxyl groups excluding tert-OH is 1. The Bertz CT molecular complexity index is 364. The van der Waals surface area contributed by atoms with Crippen molar-refractivity contribution in [2.45, 2.75) is 37.8 Å². The number of hydrogen-bond donors (Lipinski definition) is 2. The van der Waals surface area contributed by atoms with Gasteiger partial charge in [-0.15, -0.1) is 0 Å². The van der Waals surface area contributed by atoms with Crippen LogP contribution in [0.25, 0.3) is 0 Å². The van der Waals surface area contributed by atoms with Gasteiger partial charge in [0.1, 0.15) is 0 Å². The van der Waals surface area contributed by atoms with E-state index in [1.807, 2.05) is 6.07 Å². The van der Waals surface area contributed by atoms with Gasteiger partial charge in [-0.1, -0.05) is 18.2 Å². The Morgan fingerprint density at radius 1 is 1.33 bits per heavy atom. The lowest BCUT2D eigenvalue weighted by Gasteiger charge is -2.31. The Hall–Kier alpha value is -1.06. The maximum Gasteiger partial charge on any atom is 0.0611 e. The summed E-state index contributed by atoms with van der Waals surface area (Å²) < 4.78 is 0. The topological polar surface area (TPSA) is 35.5 Å². The van der Waals surface area contributed by atoms with Crippen molar-refractivity contribution in [2.24, 2.45) is 0 Å². The van der Waals surface area contributed by atoms with Gasteiger partial charge in [-0.3, -0.25) is 0 Å². The molecule has 2 rings (SSSR count). The van der Waals surface area contributed by atoms with E-state index in [0.717, 1.165) is 13.0 Å². The molecule has 0 aliphatic heterocycles. The van der Waals surface area contributed by atoms with Crippen molar-refractivity contribution in [1.82, 2.24) is 5.32 Å². The molecule has 18 heavy (non-hydrogen) atoms. The van der Waals surface area contributed by atoms with E-state index in [-0.39, 0.29) is 12.1 Å². The van der Waals surface area contributed by atoms with Crippen LogP contribution < -0.4 is 10.2 Å². The fourth-order valence-corrected chi connectivity index (χ4v) is 2.14. The van der Waals surface area contributed by atoms with Crippen LogP contribution in [0.2, 0.25) is 0 Å². The molecule has 1 aromatic carbocycles. The van der Waals surface area contributed by atoms with Gasteiger partial charge >= 0.3 is 0 Å². The molecule has 100 valence electrons. The van der Waals surface area contributed by atoms with Gasteiger partial charge in [-0.05, 0) is 38.3 Å². The molecule has 1 aliphatic rings. The monoisotopic (exact) mass is 248 g/mol. The maximum atomic E-state index is 9.56. The van der Waals surface area contributed by atoms with Crippen molar-refractivity contribution in [1.29, 1.82) is 0 Å². The van der Waals surface area contributed by atoms with Crippen LogP contribution in [0.5, 0.6) is 0 Å². The molecule has 1 aliphatic carbocycles. The number of anilines is 1. The summed E-state index contributed by atoms with van der Waals surface area (Å²) in [6.07, 6.45) is 3.46. The van der Waals surface area contributed by atoms with Gasteiger partial charge in [0.05, 0.1) is 6.61 Å². The molecule has 3 heteroatoms. The number of benzene rings is 1. The summed E-state index contributed by atoms with van der Waals surface area (Å²) in [5, 5.41) is 13.1. The van der Waals surface area contributed by atoms with Crippen LogP contribution in [0, 0.1) is 0 Å². The van der Waals surface area contributed by atoms with E-state index in [1.165, 1.54) is 18.5 Å². The highest BCUT2D eigenvalue weighted by Gasteiger charge is 2.31. The average molecular weight is 248 g/mol. The third kappa shape index (κ3) is 3.72. The summed E-state index contributed by atoms with van der Waals surface area (Å²) in [6.45, 7) is 3.26. The molecule has 1 atom stereocenters. The van der Waals surface area contributed by atoms with Gasteiger partial charge in [0.25, 0.3) is 0 Å². The standard InChI is InChI=1S/C15H24N2O/c1-15(12-18,16-13-8-9-13)10-11-17(2)14-6-4-3-5-7-14/h3-7,13,16,18H,8-12H2,1-2H3. The molecular weight excluding hydrogens is 224 g/mol. The van der Waals surface area contributed by atoms with Crippen molar-refractivity contribution >= 4 is 5.69 Å². The zero-order valence-corrected chi connectivity index (χ0v) is 11.4. The van der Waals surface area contributed by atoms with Gasteiger partial charge < -0.3 is 15.3 Å². The van der Waals surface area contributed by atoms with Gasteiger partial charge in [0.2, 0.25) is 0 Å². The summed E-state index contributed by atoms with van der Waals surface area (Å²) in [6, 6.07) is 11.0. The molecule has 3 nitrogen and oxygen atoms in total. The fraction of sp³-hybridized carbons (Fsp3) is 0.600. The van der Waals surface area contributed by atoms with E-state index in [9.17, 15) is 5.11 Å². The van der Waals surface area contributed by atoms with Crippen LogP contribution in [0.3, 0.4) is 0 Å². The highest BCUT2D eigenvalue weighted by molar-refractivity contribution is 5.44. The van der Waals surface area contributed by atoms with Crippen LogP contribution in [-0.2, 0) is 0 Å². The lowest BCUT2D eigenvalue weighted by Crippen LogP contribution is -2.48. The fourth-order valence-electron chi connectivity index (χ4n) is 2.14. The lowest BCUT2D eigenvalue weighted by atomic mass is 9.98. The van der Waals surface area contributed by atoms with Crippen molar-refractivity contribution in [3.63, 3.8) is 0 Å². The van der Waals surface area contributed by atoms with Crippen LogP contribution in [0.15, 0.2) is 30.3 Å². The molecule has 1 fully saturated rings. The number of nitrogens with zero attached hydrogens (tertiary/aromatic N) is 1. The SMILES string of the molecule is CN(CCC(C)(CO)NC1CC1)c1ccccc1. The minimum Gasteiger partial charge on any atom is -0.394 e. The molecule has 0 aromatic heterocycles. The van der Waals surface area contributed by atoms with E-state index in [2.05, 4.69) is 48.5 Å². The minimum absolute atomic E-state index is 0.149. The second-order valence-electron chi connectivity index (χ2n) is 5.64. The number of rotatable bonds is 7. The zero-order valence-electron chi connectivity index (χ0n) is 11.4. The minimum atomic E-state index is -0.149. The predicted octanol–water partition coefficient (Wildman–Crippen LogP) is 2.02. The quantitative estimate of drug-likeness (QED) is 0.775. The first kappa shape index (κ1) is 13.4. The predicted molar refractivity (Wildman–Crippen MR) is 76.0 cm³/mol. The Morgan fingerprint density at radius 3 is 2.56 bits per heavy atom. The highest BCUT2D eigenvalue weighted by atomic mass is 16.3. The van der Waals surface area contributed by atoms with Crippen LogP contribution >= 0.6 is 0 Å². The third-order valence-electron chi connectivity index (χ3n) is 3.67. The summed E-state index contributed by atoms with van der Waals surface area (Å²) in [7, 11) is 2.10. The van der Waals surface area contributed by atoms with Crippen LogP contribution in [-0.4, -0.2) is 36.9 Å². The maximum absolute atomic E-state index is 9.56. The van der Waals surface area contributed by atoms with Crippen molar-refractivity contribution in [2.75, 3.05) is 25.1 Å². The van der Waals surface area contributed by atoms with Gasteiger partial charge in [-0.2, -0.15) is 0 Å². The summed E-state index contributed by atoms with van der Waals surface area (Å²) in [5.41, 5.74) is 1.08. The molecule has 0 saturated heterocycles. The molecule has 0 heterocycles.